The first-order valence-corrected chi connectivity index (χ1v) is 6.82. The first-order valence-electron chi connectivity index (χ1n) is 6.82. The number of benzene rings is 2. The molecule has 1 heterocycles. The van der Waals surface area contributed by atoms with Gasteiger partial charge in [-0.1, -0.05) is 30.3 Å². The zero-order chi connectivity index (χ0) is 15.7. The van der Waals surface area contributed by atoms with Crippen molar-refractivity contribution in [3.63, 3.8) is 0 Å². The van der Waals surface area contributed by atoms with Gasteiger partial charge in [0.15, 0.2) is 0 Å². The summed E-state index contributed by atoms with van der Waals surface area (Å²) in [4.78, 5) is 23.2. The minimum atomic E-state index is -0.949. The van der Waals surface area contributed by atoms with Crippen LogP contribution in [0.2, 0.25) is 0 Å². The number of nitrogens with two attached hydrogens (primary N) is 2. The Balaban J connectivity index is 2.08. The van der Waals surface area contributed by atoms with Gasteiger partial charge in [-0.05, 0) is 23.8 Å². The predicted molar refractivity (Wildman–Crippen MR) is 85.4 cm³/mol. The molecule has 0 saturated heterocycles. The molecular formula is C17H15N3O2. The molecule has 0 spiro atoms. The van der Waals surface area contributed by atoms with Crippen molar-refractivity contribution in [1.82, 2.24) is 4.57 Å². The number of rotatable bonds is 4. The molecule has 0 bridgehead atoms. The summed E-state index contributed by atoms with van der Waals surface area (Å²) in [5.74, 6) is -1.62. The Kier molecular flexibility index (Phi) is 3.39. The standard InChI is InChI=1S/C17H15N3O2/c18-12-7-5-11(6-8-12)9-20-10-14(16(21)17(19)22)13-3-1-2-4-15(13)20/h1-8,10H,9,18H2,(H2,19,22). The first kappa shape index (κ1) is 13.9. The van der Waals surface area contributed by atoms with Crippen LogP contribution in [0.1, 0.15) is 15.9 Å². The molecular weight excluding hydrogens is 278 g/mol. The number of carbonyl (C=O) groups is 2. The maximum atomic E-state index is 12.0. The Hall–Kier alpha value is -3.08. The number of amides is 1. The van der Waals surface area contributed by atoms with Crippen LogP contribution in [0, 0.1) is 0 Å². The quantitative estimate of drug-likeness (QED) is 0.437. The number of anilines is 1. The Morgan fingerprint density at radius 3 is 2.36 bits per heavy atom. The molecule has 1 amide bonds. The molecule has 0 aliphatic carbocycles. The number of primary amides is 1. The van der Waals surface area contributed by atoms with Crippen molar-refractivity contribution in [1.29, 1.82) is 0 Å². The third-order valence-corrected chi connectivity index (χ3v) is 3.59. The van der Waals surface area contributed by atoms with Crippen molar-refractivity contribution in [3.05, 3.63) is 65.9 Å². The first-order chi connectivity index (χ1) is 10.6. The van der Waals surface area contributed by atoms with Crippen molar-refractivity contribution in [3.8, 4) is 0 Å². The van der Waals surface area contributed by atoms with Crippen LogP contribution in [0.3, 0.4) is 0 Å². The van der Waals surface area contributed by atoms with Crippen LogP contribution in [0.25, 0.3) is 10.9 Å². The molecule has 110 valence electrons. The summed E-state index contributed by atoms with van der Waals surface area (Å²) in [6.07, 6.45) is 1.67. The lowest BCUT2D eigenvalue weighted by Crippen LogP contribution is -2.22. The number of hydrogen-bond donors (Lipinski definition) is 2. The molecule has 5 heteroatoms. The molecule has 0 fully saturated rings. The predicted octanol–water partition coefficient (Wildman–Crippen LogP) is 1.94. The SMILES string of the molecule is NC(=O)C(=O)c1cn(Cc2ccc(N)cc2)c2ccccc12. The van der Waals surface area contributed by atoms with Gasteiger partial charge in [0, 0.05) is 29.3 Å². The van der Waals surface area contributed by atoms with Crippen LogP contribution in [-0.4, -0.2) is 16.3 Å². The average Bonchev–Trinajstić information content (AvgIpc) is 2.88. The van der Waals surface area contributed by atoms with Gasteiger partial charge >= 0.3 is 0 Å². The number of carbonyl (C=O) groups excluding carboxylic acids is 2. The van der Waals surface area contributed by atoms with Gasteiger partial charge in [-0.15, -0.1) is 0 Å². The lowest BCUT2D eigenvalue weighted by Gasteiger charge is -2.05. The normalized spacial score (nSPS) is 10.7. The van der Waals surface area contributed by atoms with E-state index < -0.39 is 11.7 Å². The maximum absolute atomic E-state index is 12.0. The molecule has 0 saturated carbocycles. The van der Waals surface area contributed by atoms with E-state index in [9.17, 15) is 9.59 Å². The highest BCUT2D eigenvalue weighted by Crippen LogP contribution is 2.23. The van der Waals surface area contributed by atoms with Crippen LogP contribution >= 0.6 is 0 Å². The highest BCUT2D eigenvalue weighted by molar-refractivity contribution is 6.44. The van der Waals surface area contributed by atoms with E-state index >= 15 is 0 Å². The van der Waals surface area contributed by atoms with Gasteiger partial charge in [-0.2, -0.15) is 0 Å². The Morgan fingerprint density at radius 1 is 1.00 bits per heavy atom. The summed E-state index contributed by atoms with van der Waals surface area (Å²) in [7, 11) is 0. The number of ketones is 1. The highest BCUT2D eigenvalue weighted by Gasteiger charge is 2.18. The number of fused-ring (bicyclic) bond motifs is 1. The van der Waals surface area contributed by atoms with Gasteiger partial charge in [0.2, 0.25) is 0 Å². The second-order valence-electron chi connectivity index (χ2n) is 5.12. The van der Waals surface area contributed by atoms with E-state index in [0.29, 0.717) is 17.8 Å². The molecule has 0 aliphatic heterocycles. The molecule has 22 heavy (non-hydrogen) atoms. The fourth-order valence-corrected chi connectivity index (χ4v) is 2.51. The molecule has 0 atom stereocenters. The van der Waals surface area contributed by atoms with Gasteiger partial charge < -0.3 is 16.0 Å². The molecule has 5 nitrogen and oxygen atoms in total. The monoisotopic (exact) mass is 293 g/mol. The fourth-order valence-electron chi connectivity index (χ4n) is 2.51. The molecule has 0 unspecified atom stereocenters. The second kappa shape index (κ2) is 5.37. The summed E-state index contributed by atoms with van der Waals surface area (Å²) in [5.41, 5.74) is 13.8. The van der Waals surface area contributed by atoms with E-state index in [-0.39, 0.29) is 0 Å². The third kappa shape index (κ3) is 2.44. The maximum Gasteiger partial charge on any atom is 0.289 e. The van der Waals surface area contributed by atoms with Crippen molar-refractivity contribution in [2.75, 3.05) is 5.73 Å². The van der Waals surface area contributed by atoms with Crippen molar-refractivity contribution < 1.29 is 9.59 Å². The lowest BCUT2D eigenvalue weighted by atomic mass is 10.1. The van der Waals surface area contributed by atoms with Crippen LogP contribution in [0.4, 0.5) is 5.69 Å². The van der Waals surface area contributed by atoms with Gasteiger partial charge in [-0.25, -0.2) is 0 Å². The van der Waals surface area contributed by atoms with E-state index in [2.05, 4.69) is 0 Å². The lowest BCUT2D eigenvalue weighted by molar-refractivity contribution is -0.114. The Labute approximate surface area is 127 Å². The van der Waals surface area contributed by atoms with Crippen molar-refractivity contribution in [2.45, 2.75) is 6.54 Å². The summed E-state index contributed by atoms with van der Waals surface area (Å²) >= 11 is 0. The summed E-state index contributed by atoms with van der Waals surface area (Å²) in [6, 6.07) is 15.0. The number of para-hydroxylation sites is 1. The number of hydrogen-bond acceptors (Lipinski definition) is 3. The number of Topliss-reactive ketones (excluding diaryl/α,β-unsaturated/α-hetero) is 1. The zero-order valence-corrected chi connectivity index (χ0v) is 11.8. The zero-order valence-electron chi connectivity index (χ0n) is 11.8. The van der Waals surface area contributed by atoms with Crippen molar-refractivity contribution in [2.24, 2.45) is 5.73 Å². The smallest absolute Gasteiger partial charge is 0.289 e. The number of nitrogen functional groups attached to an aromatic ring is 1. The summed E-state index contributed by atoms with van der Waals surface area (Å²) in [6.45, 7) is 0.576. The van der Waals surface area contributed by atoms with Crippen molar-refractivity contribution >= 4 is 28.3 Å². The van der Waals surface area contributed by atoms with Crippen LogP contribution in [0.5, 0.6) is 0 Å². The number of nitrogens with zero attached hydrogens (tertiary/aromatic N) is 1. The fraction of sp³-hybridized carbons (Fsp3) is 0.0588. The van der Waals surface area contributed by atoms with Gasteiger partial charge in [0.1, 0.15) is 0 Å². The van der Waals surface area contributed by atoms with Crippen LogP contribution in [-0.2, 0) is 11.3 Å². The van der Waals surface area contributed by atoms with Crippen LogP contribution in [0.15, 0.2) is 54.7 Å². The molecule has 1 aromatic heterocycles. The van der Waals surface area contributed by atoms with E-state index in [4.69, 9.17) is 11.5 Å². The van der Waals surface area contributed by atoms with E-state index in [1.54, 1.807) is 6.20 Å². The molecule has 3 aromatic rings. The van der Waals surface area contributed by atoms with Gasteiger partial charge in [0.25, 0.3) is 11.7 Å². The van der Waals surface area contributed by atoms with Crippen LogP contribution < -0.4 is 11.5 Å². The minimum Gasteiger partial charge on any atom is -0.399 e. The number of aromatic nitrogens is 1. The largest absolute Gasteiger partial charge is 0.399 e. The molecule has 3 rings (SSSR count). The minimum absolute atomic E-state index is 0.332. The second-order valence-corrected chi connectivity index (χ2v) is 5.12. The summed E-state index contributed by atoms with van der Waals surface area (Å²) in [5, 5.41) is 0.724. The average molecular weight is 293 g/mol. The Bertz CT molecular complexity index is 863. The van der Waals surface area contributed by atoms with E-state index in [0.717, 1.165) is 16.5 Å². The molecule has 4 N–H and O–H groups in total. The molecule has 0 aliphatic rings. The Morgan fingerprint density at radius 2 is 1.68 bits per heavy atom. The van der Waals surface area contributed by atoms with E-state index in [1.165, 1.54) is 0 Å². The van der Waals surface area contributed by atoms with Gasteiger partial charge in [-0.3, -0.25) is 9.59 Å². The third-order valence-electron chi connectivity index (χ3n) is 3.59. The van der Waals surface area contributed by atoms with E-state index in [1.807, 2.05) is 53.1 Å². The van der Waals surface area contributed by atoms with Gasteiger partial charge in [0.05, 0.1) is 5.56 Å². The summed E-state index contributed by atoms with van der Waals surface area (Å²) < 4.78 is 1.93. The highest BCUT2D eigenvalue weighted by atomic mass is 16.2. The topological polar surface area (TPSA) is 91.1 Å². The molecule has 2 aromatic carbocycles. The molecule has 0 radical (unpaired) electrons.